The molecule has 0 fully saturated rings. The molecule has 0 saturated heterocycles. The Hall–Kier alpha value is -2.56. The molecule has 0 aliphatic carbocycles. The first-order valence-corrected chi connectivity index (χ1v) is 9.08. The van der Waals surface area contributed by atoms with Crippen molar-refractivity contribution in [3.8, 4) is 5.75 Å². The molecule has 0 N–H and O–H groups in total. The lowest BCUT2D eigenvalue weighted by Crippen LogP contribution is -2.30. The highest BCUT2D eigenvalue weighted by Gasteiger charge is 2.18. The SMILES string of the molecule is COc1cccc(C(=O)N(Cc2cccnc2)Cc2ccc(Cl)cc2Cl)c1. The number of benzene rings is 2. The van der Waals surface area contributed by atoms with Crippen molar-refractivity contribution in [3.05, 3.63) is 93.7 Å². The molecule has 0 bridgehead atoms. The third kappa shape index (κ3) is 5.00. The largest absolute Gasteiger partial charge is 0.497 e. The molecular weight excluding hydrogens is 383 g/mol. The van der Waals surface area contributed by atoms with Gasteiger partial charge in [-0.1, -0.05) is 41.4 Å². The average Bonchev–Trinajstić information content (AvgIpc) is 2.69. The smallest absolute Gasteiger partial charge is 0.254 e. The fourth-order valence-electron chi connectivity index (χ4n) is 2.71. The van der Waals surface area contributed by atoms with Gasteiger partial charge in [0.25, 0.3) is 5.91 Å². The van der Waals surface area contributed by atoms with Gasteiger partial charge >= 0.3 is 0 Å². The van der Waals surface area contributed by atoms with E-state index in [0.29, 0.717) is 34.4 Å². The van der Waals surface area contributed by atoms with Gasteiger partial charge in [0.05, 0.1) is 7.11 Å². The summed E-state index contributed by atoms with van der Waals surface area (Å²) < 4.78 is 5.24. The predicted molar refractivity (Wildman–Crippen MR) is 107 cm³/mol. The second-order valence-electron chi connectivity index (χ2n) is 5.99. The van der Waals surface area contributed by atoms with E-state index in [1.807, 2.05) is 18.2 Å². The van der Waals surface area contributed by atoms with Crippen molar-refractivity contribution in [1.29, 1.82) is 0 Å². The molecule has 0 radical (unpaired) electrons. The van der Waals surface area contributed by atoms with Gasteiger partial charge in [0.2, 0.25) is 0 Å². The maximum Gasteiger partial charge on any atom is 0.254 e. The van der Waals surface area contributed by atoms with Crippen LogP contribution in [0.1, 0.15) is 21.5 Å². The summed E-state index contributed by atoms with van der Waals surface area (Å²) in [5, 5.41) is 1.08. The van der Waals surface area contributed by atoms with Crippen LogP contribution in [0.2, 0.25) is 10.0 Å². The molecule has 0 atom stereocenters. The van der Waals surface area contributed by atoms with Crippen LogP contribution in [0.4, 0.5) is 0 Å². The van der Waals surface area contributed by atoms with E-state index in [1.54, 1.807) is 60.8 Å². The van der Waals surface area contributed by atoms with Crippen molar-refractivity contribution in [2.75, 3.05) is 7.11 Å². The van der Waals surface area contributed by atoms with E-state index in [1.165, 1.54) is 0 Å². The van der Waals surface area contributed by atoms with E-state index in [0.717, 1.165) is 11.1 Å². The Balaban J connectivity index is 1.92. The topological polar surface area (TPSA) is 42.4 Å². The summed E-state index contributed by atoms with van der Waals surface area (Å²) in [5.74, 6) is 0.510. The summed E-state index contributed by atoms with van der Waals surface area (Å²) in [6.07, 6.45) is 3.45. The number of halogens is 2. The van der Waals surface area contributed by atoms with Gasteiger partial charge in [-0.05, 0) is 47.5 Å². The first kappa shape index (κ1) is 19.2. The molecule has 1 aromatic heterocycles. The molecule has 0 saturated carbocycles. The zero-order chi connectivity index (χ0) is 19.2. The standard InChI is InChI=1S/C21H18Cl2N2O2/c1-27-19-6-2-5-16(10-19)21(26)25(13-15-4-3-9-24-12-15)14-17-7-8-18(22)11-20(17)23/h2-12H,13-14H2,1H3. The van der Waals surface area contributed by atoms with E-state index >= 15 is 0 Å². The number of nitrogens with zero attached hydrogens (tertiary/aromatic N) is 2. The van der Waals surface area contributed by atoms with Gasteiger partial charge in [-0.25, -0.2) is 0 Å². The summed E-state index contributed by atoms with van der Waals surface area (Å²) in [5.41, 5.74) is 2.29. The first-order valence-electron chi connectivity index (χ1n) is 8.33. The molecule has 2 aromatic carbocycles. The van der Waals surface area contributed by atoms with Crippen molar-refractivity contribution < 1.29 is 9.53 Å². The zero-order valence-corrected chi connectivity index (χ0v) is 16.2. The molecule has 4 nitrogen and oxygen atoms in total. The number of aromatic nitrogens is 1. The molecular formula is C21H18Cl2N2O2. The predicted octanol–water partition coefficient (Wildman–Crippen LogP) is 5.24. The first-order chi connectivity index (χ1) is 13.1. The van der Waals surface area contributed by atoms with Crippen molar-refractivity contribution in [3.63, 3.8) is 0 Å². The summed E-state index contributed by atoms with van der Waals surface area (Å²) in [6, 6.07) is 16.1. The van der Waals surface area contributed by atoms with Gasteiger partial charge < -0.3 is 9.64 Å². The molecule has 0 spiro atoms. The molecule has 27 heavy (non-hydrogen) atoms. The van der Waals surface area contributed by atoms with E-state index in [-0.39, 0.29) is 5.91 Å². The number of carbonyl (C=O) groups is 1. The monoisotopic (exact) mass is 400 g/mol. The second kappa shape index (κ2) is 8.89. The molecule has 3 aromatic rings. The third-order valence-corrected chi connectivity index (χ3v) is 4.66. The lowest BCUT2D eigenvalue weighted by atomic mass is 10.1. The van der Waals surface area contributed by atoms with Crippen LogP contribution in [0.3, 0.4) is 0 Å². The highest BCUT2D eigenvalue weighted by Crippen LogP contribution is 2.24. The van der Waals surface area contributed by atoms with Crippen LogP contribution in [-0.4, -0.2) is 22.9 Å². The molecule has 1 heterocycles. The summed E-state index contributed by atoms with van der Waals surface area (Å²) in [6.45, 7) is 0.754. The van der Waals surface area contributed by atoms with Gasteiger partial charge in [-0.15, -0.1) is 0 Å². The van der Waals surface area contributed by atoms with Crippen LogP contribution < -0.4 is 4.74 Å². The minimum Gasteiger partial charge on any atom is -0.497 e. The van der Waals surface area contributed by atoms with Gasteiger partial charge in [0, 0.05) is 41.1 Å². The van der Waals surface area contributed by atoms with E-state index < -0.39 is 0 Å². The molecule has 1 amide bonds. The maximum atomic E-state index is 13.2. The Morgan fingerprint density at radius 1 is 1.07 bits per heavy atom. The molecule has 0 aliphatic rings. The van der Waals surface area contributed by atoms with Gasteiger partial charge in [-0.3, -0.25) is 9.78 Å². The number of hydrogen-bond acceptors (Lipinski definition) is 3. The fraction of sp³-hybridized carbons (Fsp3) is 0.143. The lowest BCUT2D eigenvalue weighted by molar-refractivity contribution is 0.0729. The van der Waals surface area contributed by atoms with Gasteiger partial charge in [0.15, 0.2) is 0 Å². The number of amides is 1. The summed E-state index contributed by atoms with van der Waals surface area (Å²) in [4.78, 5) is 19.0. The van der Waals surface area contributed by atoms with Crippen LogP contribution in [0.5, 0.6) is 5.75 Å². The van der Waals surface area contributed by atoms with Crippen LogP contribution in [0, 0.1) is 0 Å². The van der Waals surface area contributed by atoms with Crippen LogP contribution in [0.25, 0.3) is 0 Å². The second-order valence-corrected chi connectivity index (χ2v) is 6.83. The van der Waals surface area contributed by atoms with Gasteiger partial charge in [0.1, 0.15) is 5.75 Å². The Morgan fingerprint density at radius 2 is 1.93 bits per heavy atom. The van der Waals surface area contributed by atoms with Crippen LogP contribution >= 0.6 is 23.2 Å². The van der Waals surface area contributed by atoms with Crippen LogP contribution in [0.15, 0.2) is 67.0 Å². The molecule has 6 heteroatoms. The Morgan fingerprint density at radius 3 is 2.63 bits per heavy atom. The minimum absolute atomic E-state index is 0.122. The molecule has 3 rings (SSSR count). The van der Waals surface area contributed by atoms with Crippen molar-refractivity contribution in [2.24, 2.45) is 0 Å². The molecule has 138 valence electrons. The molecule has 0 aliphatic heterocycles. The number of pyridine rings is 1. The molecule has 0 unspecified atom stereocenters. The van der Waals surface area contributed by atoms with E-state index in [4.69, 9.17) is 27.9 Å². The number of hydrogen-bond donors (Lipinski definition) is 0. The quantitative estimate of drug-likeness (QED) is 0.567. The van der Waals surface area contributed by atoms with Crippen molar-refractivity contribution in [1.82, 2.24) is 9.88 Å². The number of methoxy groups -OCH3 is 1. The zero-order valence-electron chi connectivity index (χ0n) is 14.7. The lowest BCUT2D eigenvalue weighted by Gasteiger charge is -2.24. The highest BCUT2D eigenvalue weighted by molar-refractivity contribution is 6.35. The van der Waals surface area contributed by atoms with Crippen molar-refractivity contribution >= 4 is 29.1 Å². The Labute approximate surface area is 168 Å². The maximum absolute atomic E-state index is 13.2. The third-order valence-electron chi connectivity index (χ3n) is 4.08. The van der Waals surface area contributed by atoms with E-state index in [2.05, 4.69) is 4.98 Å². The number of ether oxygens (including phenoxy) is 1. The summed E-state index contributed by atoms with van der Waals surface area (Å²) >= 11 is 12.3. The Kier molecular flexibility index (Phi) is 6.32. The number of carbonyl (C=O) groups excluding carboxylic acids is 1. The van der Waals surface area contributed by atoms with E-state index in [9.17, 15) is 4.79 Å². The fourth-order valence-corrected chi connectivity index (χ4v) is 3.17. The highest BCUT2D eigenvalue weighted by atomic mass is 35.5. The van der Waals surface area contributed by atoms with Crippen molar-refractivity contribution in [2.45, 2.75) is 13.1 Å². The van der Waals surface area contributed by atoms with Gasteiger partial charge in [-0.2, -0.15) is 0 Å². The minimum atomic E-state index is -0.122. The Bertz CT molecular complexity index is 932. The normalized spacial score (nSPS) is 10.5. The average molecular weight is 401 g/mol. The summed E-state index contributed by atoms with van der Waals surface area (Å²) in [7, 11) is 1.57. The van der Waals surface area contributed by atoms with Crippen LogP contribution in [-0.2, 0) is 13.1 Å². The number of rotatable bonds is 6.